The van der Waals surface area contributed by atoms with E-state index in [9.17, 15) is 4.79 Å². The Labute approximate surface area is 186 Å². The Morgan fingerprint density at radius 3 is 2.58 bits per heavy atom. The maximum Gasteiger partial charge on any atom is 0.226 e. The molecule has 0 spiro atoms. The van der Waals surface area contributed by atoms with Gasteiger partial charge in [0.05, 0.1) is 5.69 Å². The molecule has 31 heavy (non-hydrogen) atoms. The van der Waals surface area contributed by atoms with Crippen molar-refractivity contribution in [3.8, 4) is 5.69 Å². The number of benzene rings is 3. The largest absolute Gasteiger partial charge is 0.332 e. The maximum absolute atomic E-state index is 12.0. The number of amides is 1. The highest BCUT2D eigenvalue weighted by Gasteiger charge is 2.12. The molecule has 0 saturated heterocycles. The highest BCUT2D eigenvalue weighted by atomic mass is 32.1. The summed E-state index contributed by atoms with van der Waals surface area (Å²) in [6, 6.07) is 18.1. The number of aromatic nitrogens is 3. The molecule has 4 aromatic rings. The summed E-state index contributed by atoms with van der Waals surface area (Å²) in [6.45, 7) is 4.09. The molecule has 0 fully saturated rings. The minimum Gasteiger partial charge on any atom is -0.332 e. The van der Waals surface area contributed by atoms with Crippen LogP contribution >= 0.6 is 12.2 Å². The van der Waals surface area contributed by atoms with Crippen LogP contribution in [0.3, 0.4) is 0 Å². The number of aryl methyl sites for hydroxylation is 1. The minimum absolute atomic E-state index is 0.0634. The van der Waals surface area contributed by atoms with Gasteiger partial charge in [-0.05, 0) is 54.7 Å². The third-order valence-corrected chi connectivity index (χ3v) is 5.42. The summed E-state index contributed by atoms with van der Waals surface area (Å²) >= 11 is 5.32. The Balaban J connectivity index is 1.56. The van der Waals surface area contributed by atoms with E-state index in [1.165, 1.54) is 0 Å². The summed E-state index contributed by atoms with van der Waals surface area (Å²) in [5, 5.41) is 17.8. The van der Waals surface area contributed by atoms with Crippen LogP contribution in [0.4, 0.5) is 5.69 Å². The number of hydrogen-bond donors (Lipinski definition) is 2. The first-order valence-electron chi connectivity index (χ1n) is 10.5. The first-order valence-corrected chi connectivity index (χ1v) is 10.9. The summed E-state index contributed by atoms with van der Waals surface area (Å²) < 4.78 is 0. The molecule has 0 aliphatic heterocycles. The van der Waals surface area contributed by atoms with Crippen LogP contribution in [0.2, 0.25) is 0 Å². The molecule has 0 unspecified atom stereocenters. The third-order valence-electron chi connectivity index (χ3n) is 5.22. The van der Waals surface area contributed by atoms with Gasteiger partial charge in [-0.25, -0.2) is 0 Å². The number of hydrogen-bond acceptors (Lipinski definition) is 4. The van der Waals surface area contributed by atoms with Crippen LogP contribution in [0.25, 0.3) is 27.5 Å². The molecule has 1 aromatic heterocycles. The molecule has 4 rings (SSSR count). The van der Waals surface area contributed by atoms with Crippen molar-refractivity contribution < 1.29 is 4.79 Å². The summed E-state index contributed by atoms with van der Waals surface area (Å²) in [6.07, 6.45) is 3.46. The van der Waals surface area contributed by atoms with E-state index in [0.29, 0.717) is 11.5 Å². The van der Waals surface area contributed by atoms with Gasteiger partial charge in [0.25, 0.3) is 0 Å². The van der Waals surface area contributed by atoms with Crippen molar-refractivity contribution in [3.05, 3.63) is 60.2 Å². The lowest BCUT2D eigenvalue weighted by atomic mass is 10.1. The average Bonchev–Trinajstić information content (AvgIpc) is 3.16. The van der Waals surface area contributed by atoms with Gasteiger partial charge >= 0.3 is 0 Å². The monoisotopic (exact) mass is 431 g/mol. The predicted molar refractivity (Wildman–Crippen MR) is 130 cm³/mol. The lowest BCUT2D eigenvalue weighted by Crippen LogP contribution is -2.34. The molecule has 0 atom stereocenters. The van der Waals surface area contributed by atoms with Gasteiger partial charge in [0, 0.05) is 17.5 Å². The van der Waals surface area contributed by atoms with Crippen molar-refractivity contribution in [2.75, 3.05) is 5.32 Å². The second-order valence-corrected chi connectivity index (χ2v) is 8.01. The van der Waals surface area contributed by atoms with E-state index in [1.807, 2.05) is 43.3 Å². The molecule has 0 aliphatic rings. The Hall–Kier alpha value is -3.32. The zero-order valence-electron chi connectivity index (χ0n) is 17.7. The quantitative estimate of drug-likeness (QED) is 0.321. The molecule has 3 aromatic carbocycles. The van der Waals surface area contributed by atoms with Crippen LogP contribution in [0, 0.1) is 6.92 Å². The second kappa shape index (κ2) is 9.22. The number of nitrogens with one attached hydrogen (secondary N) is 2. The topological polar surface area (TPSA) is 71.8 Å². The summed E-state index contributed by atoms with van der Waals surface area (Å²) in [5.41, 5.74) is 4.25. The fraction of sp³-hybridized carbons (Fsp3) is 0.250. The molecule has 6 nitrogen and oxygen atoms in total. The van der Waals surface area contributed by atoms with E-state index in [1.54, 1.807) is 4.80 Å². The van der Waals surface area contributed by atoms with Gasteiger partial charge in [-0.1, -0.05) is 56.2 Å². The molecule has 158 valence electrons. The van der Waals surface area contributed by atoms with Crippen LogP contribution in [0.1, 0.15) is 38.2 Å². The smallest absolute Gasteiger partial charge is 0.226 e. The van der Waals surface area contributed by atoms with Crippen molar-refractivity contribution in [1.29, 1.82) is 0 Å². The SMILES string of the molecule is CCCCCC(=O)NC(=S)Nc1cc2nn(-c3cccc4ccccc34)nc2cc1C. The molecular formula is C24H25N5OS. The van der Waals surface area contributed by atoms with Crippen LogP contribution in [-0.2, 0) is 4.79 Å². The van der Waals surface area contributed by atoms with Gasteiger partial charge in [-0.2, -0.15) is 0 Å². The van der Waals surface area contributed by atoms with Crippen LogP contribution < -0.4 is 10.6 Å². The van der Waals surface area contributed by atoms with Crippen LogP contribution in [-0.4, -0.2) is 26.0 Å². The fourth-order valence-corrected chi connectivity index (χ4v) is 3.80. The van der Waals surface area contributed by atoms with E-state index in [4.69, 9.17) is 12.2 Å². The molecule has 0 radical (unpaired) electrons. The molecule has 1 heterocycles. The molecular weight excluding hydrogens is 406 g/mol. The summed E-state index contributed by atoms with van der Waals surface area (Å²) in [4.78, 5) is 13.7. The first kappa shape index (κ1) is 20.9. The summed E-state index contributed by atoms with van der Waals surface area (Å²) in [5.74, 6) is -0.0634. The highest BCUT2D eigenvalue weighted by Crippen LogP contribution is 2.25. The van der Waals surface area contributed by atoms with Gasteiger partial charge in [-0.3, -0.25) is 4.79 Å². The number of rotatable bonds is 6. The molecule has 2 N–H and O–H groups in total. The molecule has 0 bridgehead atoms. The highest BCUT2D eigenvalue weighted by molar-refractivity contribution is 7.80. The molecule has 7 heteroatoms. The van der Waals surface area contributed by atoms with E-state index in [0.717, 1.165) is 58.0 Å². The van der Waals surface area contributed by atoms with Gasteiger partial charge < -0.3 is 10.6 Å². The minimum atomic E-state index is -0.0634. The van der Waals surface area contributed by atoms with E-state index < -0.39 is 0 Å². The van der Waals surface area contributed by atoms with E-state index in [2.05, 4.69) is 46.0 Å². The number of anilines is 1. The molecule has 0 saturated carbocycles. The molecule has 0 aliphatic carbocycles. The normalized spacial score (nSPS) is 11.0. The fourth-order valence-electron chi connectivity index (χ4n) is 3.57. The predicted octanol–water partition coefficient (Wildman–Crippen LogP) is 5.28. The van der Waals surface area contributed by atoms with Gasteiger partial charge in [0.2, 0.25) is 5.91 Å². The van der Waals surface area contributed by atoms with Gasteiger partial charge in [-0.15, -0.1) is 15.0 Å². The number of unbranched alkanes of at least 4 members (excludes halogenated alkanes) is 2. The van der Waals surface area contributed by atoms with Crippen LogP contribution in [0.5, 0.6) is 0 Å². The van der Waals surface area contributed by atoms with Crippen molar-refractivity contribution in [1.82, 2.24) is 20.3 Å². The lowest BCUT2D eigenvalue weighted by molar-refractivity contribution is -0.119. The number of carbonyl (C=O) groups is 1. The lowest BCUT2D eigenvalue weighted by Gasteiger charge is -2.11. The maximum atomic E-state index is 12.0. The molecule has 1 amide bonds. The van der Waals surface area contributed by atoms with Crippen molar-refractivity contribution in [2.24, 2.45) is 0 Å². The zero-order valence-corrected chi connectivity index (χ0v) is 18.5. The Morgan fingerprint density at radius 2 is 1.77 bits per heavy atom. The van der Waals surface area contributed by atoms with E-state index in [-0.39, 0.29) is 5.91 Å². The standard InChI is InChI=1S/C24H25N5OS/c1-3-4-5-13-23(30)26-24(31)25-19-15-21-20(14-16(19)2)27-29(28-21)22-12-8-10-17-9-6-7-11-18(17)22/h6-12,14-15H,3-5,13H2,1-2H3,(H2,25,26,30,31). The van der Waals surface area contributed by atoms with Crippen molar-refractivity contribution in [3.63, 3.8) is 0 Å². The zero-order chi connectivity index (χ0) is 21.8. The van der Waals surface area contributed by atoms with E-state index >= 15 is 0 Å². The second-order valence-electron chi connectivity index (χ2n) is 7.60. The average molecular weight is 432 g/mol. The Bertz CT molecular complexity index is 1260. The van der Waals surface area contributed by atoms with Crippen molar-refractivity contribution >= 4 is 50.7 Å². The number of thiocarbonyl (C=S) groups is 1. The van der Waals surface area contributed by atoms with Gasteiger partial charge in [0.1, 0.15) is 11.0 Å². The summed E-state index contributed by atoms with van der Waals surface area (Å²) in [7, 11) is 0. The number of nitrogens with zero attached hydrogens (tertiary/aromatic N) is 3. The first-order chi connectivity index (χ1) is 15.0. The van der Waals surface area contributed by atoms with Crippen LogP contribution in [0.15, 0.2) is 54.6 Å². The number of fused-ring (bicyclic) bond motifs is 2. The Kier molecular flexibility index (Phi) is 6.23. The van der Waals surface area contributed by atoms with Gasteiger partial charge in [0.15, 0.2) is 5.11 Å². The third kappa shape index (κ3) is 4.72. The Morgan fingerprint density at radius 1 is 1.03 bits per heavy atom. The van der Waals surface area contributed by atoms with Crippen molar-refractivity contribution in [2.45, 2.75) is 39.5 Å². The number of carbonyl (C=O) groups excluding carboxylic acids is 1.